The Kier molecular flexibility index (Phi) is 5.13. The molecule has 0 aliphatic rings. The summed E-state index contributed by atoms with van der Waals surface area (Å²) in [5.74, 6) is -0.914. The highest BCUT2D eigenvalue weighted by atomic mass is 16.5. The van der Waals surface area contributed by atoms with E-state index in [9.17, 15) is 14.7 Å². The Bertz CT molecular complexity index is 763. The molecule has 2 rings (SSSR count). The summed E-state index contributed by atoms with van der Waals surface area (Å²) in [4.78, 5) is 31.7. The van der Waals surface area contributed by atoms with Crippen molar-refractivity contribution < 1.29 is 19.4 Å². The van der Waals surface area contributed by atoms with Crippen molar-refractivity contribution in [1.82, 2.24) is 15.3 Å². The van der Waals surface area contributed by atoms with Crippen LogP contribution < -0.4 is 10.1 Å². The van der Waals surface area contributed by atoms with Gasteiger partial charge in [-0.25, -0.2) is 9.97 Å². The Labute approximate surface area is 139 Å². The number of methoxy groups -OCH3 is 1. The molecule has 0 fully saturated rings. The first-order valence-electron chi connectivity index (χ1n) is 7.31. The first kappa shape index (κ1) is 17.4. The number of hydrogen-bond acceptors (Lipinski definition) is 5. The fourth-order valence-electron chi connectivity index (χ4n) is 2.38. The van der Waals surface area contributed by atoms with Crippen molar-refractivity contribution in [3.63, 3.8) is 0 Å². The number of aliphatic carboxylic acids is 1. The molecule has 1 aromatic carbocycles. The molecule has 1 amide bonds. The number of nitrogens with zero attached hydrogens (tertiary/aromatic N) is 2. The first-order chi connectivity index (χ1) is 11.3. The Hall–Kier alpha value is -2.96. The Morgan fingerprint density at radius 3 is 2.67 bits per heavy atom. The standard InChI is InChI=1S/C17H19N3O4/c1-11-7-14(19-10-18-11)16(23)20-17(2,9-15(21)22)12-5-4-6-13(8-12)24-3/h4-8,10H,9H2,1-3H3,(H,20,23)(H,21,22). The molecule has 1 aromatic heterocycles. The van der Waals surface area contributed by atoms with Gasteiger partial charge in [0, 0.05) is 5.69 Å². The van der Waals surface area contributed by atoms with Crippen LogP contribution >= 0.6 is 0 Å². The van der Waals surface area contributed by atoms with Gasteiger partial charge in [0.15, 0.2) is 0 Å². The summed E-state index contributed by atoms with van der Waals surface area (Å²) in [7, 11) is 1.52. The number of aryl methyl sites for hydroxylation is 1. The second-order valence-corrected chi connectivity index (χ2v) is 5.63. The molecule has 126 valence electrons. The average molecular weight is 329 g/mol. The zero-order valence-electron chi connectivity index (χ0n) is 13.7. The summed E-state index contributed by atoms with van der Waals surface area (Å²) in [5.41, 5.74) is 0.345. The maximum atomic E-state index is 12.5. The van der Waals surface area contributed by atoms with Gasteiger partial charge in [0.05, 0.1) is 19.1 Å². The van der Waals surface area contributed by atoms with Crippen LogP contribution in [0.3, 0.4) is 0 Å². The molecule has 1 unspecified atom stereocenters. The van der Waals surface area contributed by atoms with Crippen LogP contribution in [-0.2, 0) is 10.3 Å². The predicted molar refractivity (Wildman–Crippen MR) is 86.8 cm³/mol. The van der Waals surface area contributed by atoms with Crippen LogP contribution in [-0.4, -0.2) is 34.1 Å². The van der Waals surface area contributed by atoms with Gasteiger partial charge in [0.25, 0.3) is 5.91 Å². The van der Waals surface area contributed by atoms with Crippen LogP contribution in [0.15, 0.2) is 36.7 Å². The highest BCUT2D eigenvalue weighted by Crippen LogP contribution is 2.28. The Morgan fingerprint density at radius 1 is 1.29 bits per heavy atom. The van der Waals surface area contributed by atoms with E-state index < -0.39 is 17.4 Å². The van der Waals surface area contributed by atoms with Gasteiger partial charge in [-0.05, 0) is 37.6 Å². The van der Waals surface area contributed by atoms with Crippen LogP contribution in [0.5, 0.6) is 5.75 Å². The van der Waals surface area contributed by atoms with E-state index in [0.717, 1.165) is 0 Å². The topological polar surface area (TPSA) is 101 Å². The number of carbonyl (C=O) groups is 2. The van der Waals surface area contributed by atoms with Crippen LogP contribution in [0.2, 0.25) is 0 Å². The van der Waals surface area contributed by atoms with E-state index in [2.05, 4.69) is 15.3 Å². The number of nitrogens with one attached hydrogen (secondary N) is 1. The lowest BCUT2D eigenvalue weighted by Crippen LogP contribution is -2.45. The predicted octanol–water partition coefficient (Wildman–Crippen LogP) is 1.91. The van der Waals surface area contributed by atoms with E-state index in [4.69, 9.17) is 4.74 Å². The van der Waals surface area contributed by atoms with Crippen LogP contribution in [0.4, 0.5) is 0 Å². The molecule has 0 radical (unpaired) electrons. The van der Waals surface area contributed by atoms with Crippen molar-refractivity contribution in [2.45, 2.75) is 25.8 Å². The summed E-state index contributed by atoms with van der Waals surface area (Å²) in [6.45, 7) is 3.40. The molecule has 7 nitrogen and oxygen atoms in total. The quantitative estimate of drug-likeness (QED) is 0.839. The normalized spacial score (nSPS) is 13.0. The average Bonchev–Trinajstić information content (AvgIpc) is 2.54. The van der Waals surface area contributed by atoms with Crippen molar-refractivity contribution >= 4 is 11.9 Å². The molecule has 1 atom stereocenters. The van der Waals surface area contributed by atoms with Crippen molar-refractivity contribution in [2.24, 2.45) is 0 Å². The molecule has 0 aliphatic heterocycles. The number of carbonyl (C=O) groups excluding carboxylic acids is 1. The number of rotatable bonds is 6. The molecule has 24 heavy (non-hydrogen) atoms. The lowest BCUT2D eigenvalue weighted by atomic mass is 9.88. The minimum atomic E-state index is -1.11. The maximum absolute atomic E-state index is 12.5. The molecule has 0 aliphatic carbocycles. The number of carboxylic acids is 1. The van der Waals surface area contributed by atoms with Gasteiger partial charge < -0.3 is 15.2 Å². The zero-order valence-corrected chi connectivity index (χ0v) is 13.7. The highest BCUT2D eigenvalue weighted by molar-refractivity contribution is 5.93. The third-order valence-corrected chi connectivity index (χ3v) is 3.64. The van der Waals surface area contributed by atoms with Gasteiger partial charge in [0.2, 0.25) is 0 Å². The molecule has 0 spiro atoms. The molecule has 0 saturated heterocycles. The highest BCUT2D eigenvalue weighted by Gasteiger charge is 2.32. The Morgan fingerprint density at radius 2 is 2.04 bits per heavy atom. The summed E-state index contributed by atoms with van der Waals surface area (Å²) in [6, 6.07) is 8.49. The molecule has 2 aromatic rings. The van der Waals surface area contributed by atoms with Gasteiger partial charge in [-0.1, -0.05) is 12.1 Å². The minimum absolute atomic E-state index is 0.182. The molecule has 0 saturated carbocycles. The molecule has 1 heterocycles. The van der Waals surface area contributed by atoms with E-state index in [1.807, 2.05) is 0 Å². The molecule has 7 heteroatoms. The third-order valence-electron chi connectivity index (χ3n) is 3.64. The maximum Gasteiger partial charge on any atom is 0.306 e. The minimum Gasteiger partial charge on any atom is -0.497 e. The third kappa shape index (κ3) is 4.07. The number of ether oxygens (including phenoxy) is 1. The van der Waals surface area contributed by atoms with E-state index in [1.54, 1.807) is 44.2 Å². The number of benzene rings is 1. The van der Waals surface area contributed by atoms with E-state index in [1.165, 1.54) is 13.4 Å². The van der Waals surface area contributed by atoms with Crippen molar-refractivity contribution in [1.29, 1.82) is 0 Å². The molecule has 2 N–H and O–H groups in total. The summed E-state index contributed by atoms with van der Waals surface area (Å²) in [6.07, 6.45) is 1.01. The van der Waals surface area contributed by atoms with Gasteiger partial charge in [-0.3, -0.25) is 9.59 Å². The zero-order chi connectivity index (χ0) is 17.7. The summed E-state index contributed by atoms with van der Waals surface area (Å²) in [5, 5.41) is 12.0. The van der Waals surface area contributed by atoms with E-state index >= 15 is 0 Å². The number of hydrogen-bond donors (Lipinski definition) is 2. The second kappa shape index (κ2) is 7.08. The smallest absolute Gasteiger partial charge is 0.306 e. The molecular weight excluding hydrogens is 310 g/mol. The van der Waals surface area contributed by atoms with Crippen LogP contribution in [0, 0.1) is 6.92 Å². The van der Waals surface area contributed by atoms with Gasteiger partial charge in [0.1, 0.15) is 17.8 Å². The van der Waals surface area contributed by atoms with Crippen molar-refractivity contribution in [2.75, 3.05) is 7.11 Å². The van der Waals surface area contributed by atoms with Gasteiger partial charge in [-0.15, -0.1) is 0 Å². The molecular formula is C17H19N3O4. The Balaban J connectivity index is 2.36. The number of carboxylic acid groups (broad SMARTS) is 1. The first-order valence-corrected chi connectivity index (χ1v) is 7.31. The monoisotopic (exact) mass is 329 g/mol. The molecule has 0 bridgehead atoms. The lowest BCUT2D eigenvalue weighted by Gasteiger charge is -2.30. The second-order valence-electron chi connectivity index (χ2n) is 5.63. The number of amides is 1. The fourth-order valence-corrected chi connectivity index (χ4v) is 2.38. The van der Waals surface area contributed by atoms with Crippen molar-refractivity contribution in [3.05, 3.63) is 53.6 Å². The number of aromatic nitrogens is 2. The van der Waals surface area contributed by atoms with E-state index in [-0.39, 0.29) is 12.1 Å². The largest absolute Gasteiger partial charge is 0.497 e. The summed E-state index contributed by atoms with van der Waals surface area (Å²) < 4.78 is 5.18. The van der Waals surface area contributed by atoms with Gasteiger partial charge in [-0.2, -0.15) is 0 Å². The van der Waals surface area contributed by atoms with E-state index in [0.29, 0.717) is 17.0 Å². The SMILES string of the molecule is COc1cccc(C(C)(CC(=O)O)NC(=O)c2cc(C)ncn2)c1. The van der Waals surface area contributed by atoms with Crippen LogP contribution in [0.1, 0.15) is 35.1 Å². The van der Waals surface area contributed by atoms with Gasteiger partial charge >= 0.3 is 5.97 Å². The van der Waals surface area contributed by atoms with Crippen LogP contribution in [0.25, 0.3) is 0 Å². The fraction of sp³-hybridized carbons (Fsp3) is 0.294. The summed E-state index contributed by atoms with van der Waals surface area (Å²) >= 11 is 0. The van der Waals surface area contributed by atoms with Crippen molar-refractivity contribution in [3.8, 4) is 5.75 Å². The lowest BCUT2D eigenvalue weighted by molar-refractivity contribution is -0.138.